The Morgan fingerprint density at radius 2 is 1.35 bits per heavy atom. The maximum absolute atomic E-state index is 12.1. The molecule has 0 aromatic carbocycles. The standard InChI is InChI=1S/C34H61N5O7/c1-2-33(42)35-23-17-16-19-29(34(43)44)27-31(41)28-46-26-25-45-24-18-21-30(40)20-14-12-10-8-6-4-3-5-7-9-11-13-15-22-32-36-38-39-37-32/h29H,2-28H2,1H3,(H,35,42)(H,43,44)(H,36,37,38,39). The number of aromatic nitrogens is 4. The number of aryl methyl sites for hydroxylation is 1. The average molecular weight is 652 g/mol. The van der Waals surface area contributed by atoms with Crippen LogP contribution >= 0.6 is 0 Å². The summed E-state index contributed by atoms with van der Waals surface area (Å²) < 4.78 is 10.8. The van der Waals surface area contributed by atoms with Gasteiger partial charge < -0.3 is 19.9 Å². The third-order valence-corrected chi connectivity index (χ3v) is 8.07. The Balaban J connectivity index is 1.82. The molecule has 1 unspecified atom stereocenters. The molecule has 1 amide bonds. The summed E-state index contributed by atoms with van der Waals surface area (Å²) >= 11 is 0. The van der Waals surface area contributed by atoms with Crippen LogP contribution in [0, 0.1) is 5.92 Å². The van der Waals surface area contributed by atoms with Crippen molar-refractivity contribution < 1.29 is 33.8 Å². The number of ether oxygens (including phenoxy) is 2. The first kappa shape index (κ1) is 41.3. The highest BCUT2D eigenvalue weighted by Crippen LogP contribution is 2.15. The molecule has 0 aliphatic carbocycles. The van der Waals surface area contributed by atoms with Crippen LogP contribution in [0.5, 0.6) is 0 Å². The number of aromatic amines is 1. The highest BCUT2D eigenvalue weighted by atomic mass is 16.5. The Kier molecular flexibility index (Phi) is 26.6. The molecule has 0 saturated heterocycles. The molecule has 1 atom stereocenters. The number of carboxylic acid groups (broad SMARTS) is 1. The molecule has 0 fully saturated rings. The van der Waals surface area contributed by atoms with Gasteiger partial charge in [0.15, 0.2) is 11.6 Å². The molecule has 0 aliphatic rings. The number of H-pyrrole nitrogens is 1. The summed E-state index contributed by atoms with van der Waals surface area (Å²) in [5.41, 5.74) is 0. The number of nitrogens with one attached hydrogen (secondary N) is 2. The highest BCUT2D eigenvalue weighted by Gasteiger charge is 2.20. The third kappa shape index (κ3) is 25.5. The van der Waals surface area contributed by atoms with Crippen LogP contribution in [0.15, 0.2) is 0 Å². The molecule has 3 N–H and O–H groups in total. The van der Waals surface area contributed by atoms with Gasteiger partial charge in [0.25, 0.3) is 0 Å². The Morgan fingerprint density at radius 1 is 0.739 bits per heavy atom. The summed E-state index contributed by atoms with van der Waals surface area (Å²) in [5, 5.41) is 26.2. The van der Waals surface area contributed by atoms with E-state index in [4.69, 9.17) is 9.47 Å². The number of nitrogens with zero attached hydrogens (tertiary/aromatic N) is 3. The molecule has 264 valence electrons. The number of carbonyl (C=O) groups is 4. The molecule has 1 aromatic rings. The number of rotatable bonds is 34. The van der Waals surface area contributed by atoms with Crippen molar-refractivity contribution in [3.05, 3.63) is 5.82 Å². The summed E-state index contributed by atoms with van der Waals surface area (Å²) in [5.74, 6) is -0.898. The minimum Gasteiger partial charge on any atom is -0.481 e. The first-order valence-electron chi connectivity index (χ1n) is 17.8. The number of hydrogen-bond donors (Lipinski definition) is 3. The number of carbonyl (C=O) groups excluding carboxylic acids is 3. The van der Waals surface area contributed by atoms with Gasteiger partial charge in [0, 0.05) is 45.3 Å². The Bertz CT molecular complexity index is 914. The topological polar surface area (TPSA) is 173 Å². The minimum absolute atomic E-state index is 0.0267. The summed E-state index contributed by atoms with van der Waals surface area (Å²) in [4.78, 5) is 46.9. The van der Waals surface area contributed by atoms with Crippen LogP contribution in [0.25, 0.3) is 0 Å². The summed E-state index contributed by atoms with van der Waals surface area (Å²) in [6.07, 6.45) is 20.9. The second kappa shape index (κ2) is 29.7. The van der Waals surface area contributed by atoms with E-state index in [1.807, 2.05) is 0 Å². The Morgan fingerprint density at radius 3 is 1.96 bits per heavy atom. The maximum atomic E-state index is 12.1. The van der Waals surface area contributed by atoms with Gasteiger partial charge in [0.05, 0.1) is 19.1 Å². The number of Topliss-reactive ketones (excluding diaryl/α,β-unsaturated/α-hetero) is 2. The van der Waals surface area contributed by atoms with Gasteiger partial charge in [-0.1, -0.05) is 89.2 Å². The number of aliphatic carboxylic acids is 1. The number of tetrazole rings is 1. The minimum atomic E-state index is -0.988. The van der Waals surface area contributed by atoms with Crippen LogP contribution in [0.2, 0.25) is 0 Å². The third-order valence-electron chi connectivity index (χ3n) is 8.07. The second-order valence-corrected chi connectivity index (χ2v) is 12.2. The second-order valence-electron chi connectivity index (χ2n) is 12.2. The molecule has 0 spiro atoms. The van der Waals surface area contributed by atoms with Gasteiger partial charge in [-0.05, 0) is 32.1 Å². The van der Waals surface area contributed by atoms with E-state index in [9.17, 15) is 24.3 Å². The van der Waals surface area contributed by atoms with E-state index in [0.29, 0.717) is 70.5 Å². The van der Waals surface area contributed by atoms with Crippen LogP contribution in [-0.4, -0.2) is 82.1 Å². The Labute approximate surface area is 275 Å². The van der Waals surface area contributed by atoms with E-state index in [-0.39, 0.29) is 31.3 Å². The van der Waals surface area contributed by atoms with Crippen molar-refractivity contribution in [3.8, 4) is 0 Å². The van der Waals surface area contributed by atoms with Crippen LogP contribution < -0.4 is 5.32 Å². The predicted molar refractivity (Wildman–Crippen MR) is 176 cm³/mol. The first-order chi connectivity index (χ1) is 22.4. The fraction of sp³-hybridized carbons (Fsp3) is 0.853. The lowest BCUT2D eigenvalue weighted by Crippen LogP contribution is -2.24. The van der Waals surface area contributed by atoms with Crippen LogP contribution in [0.4, 0.5) is 0 Å². The van der Waals surface area contributed by atoms with Crippen molar-refractivity contribution in [2.45, 2.75) is 148 Å². The van der Waals surface area contributed by atoms with E-state index < -0.39 is 11.9 Å². The van der Waals surface area contributed by atoms with Crippen molar-refractivity contribution in [2.24, 2.45) is 5.92 Å². The van der Waals surface area contributed by atoms with Crippen molar-refractivity contribution in [1.82, 2.24) is 25.9 Å². The molecule has 1 rings (SSSR count). The molecule has 46 heavy (non-hydrogen) atoms. The quantitative estimate of drug-likeness (QED) is 0.0757. The van der Waals surface area contributed by atoms with Crippen molar-refractivity contribution >= 4 is 23.4 Å². The lowest BCUT2D eigenvalue weighted by Gasteiger charge is -2.12. The SMILES string of the molecule is CCC(=O)NCCCCC(CC(=O)COCCOCCCC(=O)CCCCCCCCCCCCCCCc1nn[nH]n1)C(=O)O. The zero-order valence-corrected chi connectivity index (χ0v) is 28.4. The van der Waals surface area contributed by atoms with Crippen LogP contribution in [0.1, 0.15) is 148 Å². The zero-order chi connectivity index (χ0) is 33.5. The maximum Gasteiger partial charge on any atom is 0.306 e. The summed E-state index contributed by atoms with van der Waals surface area (Å²) in [7, 11) is 0. The van der Waals surface area contributed by atoms with E-state index in [1.54, 1.807) is 6.92 Å². The molecule has 0 saturated carbocycles. The van der Waals surface area contributed by atoms with E-state index in [2.05, 4.69) is 25.9 Å². The van der Waals surface area contributed by atoms with Gasteiger partial charge >= 0.3 is 5.97 Å². The molecule has 0 radical (unpaired) electrons. The molecule has 12 nitrogen and oxygen atoms in total. The number of ketones is 2. The first-order valence-corrected chi connectivity index (χ1v) is 17.8. The van der Waals surface area contributed by atoms with Crippen LogP contribution in [-0.2, 0) is 35.1 Å². The molecule has 1 aromatic heterocycles. The normalized spacial score (nSPS) is 11.8. The zero-order valence-electron chi connectivity index (χ0n) is 28.4. The lowest BCUT2D eigenvalue weighted by molar-refractivity contribution is -0.144. The smallest absolute Gasteiger partial charge is 0.306 e. The average Bonchev–Trinajstić information content (AvgIpc) is 3.56. The summed E-state index contributed by atoms with van der Waals surface area (Å²) in [6.45, 7) is 3.21. The number of unbranched alkanes of at least 4 members (excludes halogenated alkanes) is 13. The highest BCUT2D eigenvalue weighted by molar-refractivity contribution is 5.84. The van der Waals surface area contributed by atoms with Gasteiger partial charge in [-0.25, -0.2) is 0 Å². The molecule has 12 heteroatoms. The van der Waals surface area contributed by atoms with E-state index in [0.717, 1.165) is 31.5 Å². The number of amides is 1. The summed E-state index contributed by atoms with van der Waals surface area (Å²) in [6, 6.07) is 0. The molecule has 0 aliphatic heterocycles. The molecular weight excluding hydrogens is 590 g/mol. The van der Waals surface area contributed by atoms with Crippen molar-refractivity contribution in [1.29, 1.82) is 0 Å². The molecular formula is C34H61N5O7. The number of hydrogen-bond acceptors (Lipinski definition) is 9. The largest absolute Gasteiger partial charge is 0.481 e. The van der Waals surface area contributed by atoms with E-state index in [1.165, 1.54) is 64.2 Å². The monoisotopic (exact) mass is 651 g/mol. The van der Waals surface area contributed by atoms with Gasteiger partial charge in [-0.3, -0.25) is 19.2 Å². The predicted octanol–water partition coefficient (Wildman–Crippen LogP) is 5.94. The van der Waals surface area contributed by atoms with Gasteiger partial charge in [-0.15, -0.1) is 10.2 Å². The van der Waals surface area contributed by atoms with Crippen LogP contribution in [0.3, 0.4) is 0 Å². The van der Waals surface area contributed by atoms with Gasteiger partial charge in [0.2, 0.25) is 5.91 Å². The van der Waals surface area contributed by atoms with Gasteiger partial charge in [0.1, 0.15) is 12.4 Å². The van der Waals surface area contributed by atoms with Gasteiger partial charge in [-0.2, -0.15) is 5.21 Å². The molecule has 1 heterocycles. The Hall–Kier alpha value is -2.73. The molecule has 0 bridgehead atoms. The number of carboxylic acids is 1. The fourth-order valence-electron chi connectivity index (χ4n) is 5.26. The van der Waals surface area contributed by atoms with Crippen molar-refractivity contribution in [3.63, 3.8) is 0 Å². The van der Waals surface area contributed by atoms with E-state index >= 15 is 0 Å². The van der Waals surface area contributed by atoms with Crippen molar-refractivity contribution in [2.75, 3.05) is 33.0 Å². The lowest BCUT2D eigenvalue weighted by atomic mass is 9.96. The fourth-order valence-corrected chi connectivity index (χ4v) is 5.26.